The van der Waals surface area contributed by atoms with E-state index in [-0.39, 0.29) is 0 Å². The first-order valence-electron chi connectivity index (χ1n) is 7.24. The van der Waals surface area contributed by atoms with Crippen LogP contribution in [0.5, 0.6) is 11.5 Å². The lowest BCUT2D eigenvalue weighted by atomic mass is 10.1. The van der Waals surface area contributed by atoms with Crippen LogP contribution in [0.1, 0.15) is 20.8 Å². The lowest BCUT2D eigenvalue weighted by Crippen LogP contribution is -2.01. The summed E-state index contributed by atoms with van der Waals surface area (Å²) < 4.78 is 11.2. The molecule has 1 N–H and O–H groups in total. The third-order valence-corrected chi connectivity index (χ3v) is 2.83. The average Bonchev–Trinajstić information content (AvgIpc) is 2.50. The summed E-state index contributed by atoms with van der Waals surface area (Å²) in [6.07, 6.45) is 3.46. The highest BCUT2D eigenvalue weighted by Gasteiger charge is 2.09. The van der Waals surface area contributed by atoms with Gasteiger partial charge in [-0.3, -0.25) is 4.98 Å². The van der Waals surface area contributed by atoms with Crippen molar-refractivity contribution in [1.82, 2.24) is 9.97 Å². The van der Waals surface area contributed by atoms with Crippen molar-refractivity contribution in [2.24, 2.45) is 0 Å². The minimum atomic E-state index is 0.590. The molecule has 0 atom stereocenters. The Labute approximate surface area is 125 Å². The molecule has 0 amide bonds. The van der Waals surface area contributed by atoms with Gasteiger partial charge in [0.1, 0.15) is 5.82 Å². The smallest absolute Gasteiger partial charge is 0.161 e. The highest BCUT2D eigenvalue weighted by molar-refractivity contribution is 5.64. The second-order valence-electron chi connectivity index (χ2n) is 4.35. The van der Waals surface area contributed by atoms with Gasteiger partial charge in [0.2, 0.25) is 0 Å². The largest absolute Gasteiger partial charge is 0.490 e. The molecule has 1 heterocycles. The standard InChI is InChI=1S/C16H21N3O2/c1-4-18-16-11-17-10-13(19-16)12-7-8-14(20-5-2)15(9-12)21-6-3/h7-11H,4-6H2,1-3H3,(H,18,19). The molecule has 2 rings (SSSR count). The van der Waals surface area contributed by atoms with E-state index in [1.165, 1.54) is 0 Å². The van der Waals surface area contributed by atoms with Gasteiger partial charge in [0.05, 0.1) is 31.3 Å². The molecule has 0 aliphatic heterocycles. The van der Waals surface area contributed by atoms with Crippen molar-refractivity contribution < 1.29 is 9.47 Å². The number of nitrogens with zero attached hydrogens (tertiary/aromatic N) is 2. The molecule has 0 spiro atoms. The first-order chi connectivity index (χ1) is 10.3. The van der Waals surface area contributed by atoms with Crippen molar-refractivity contribution in [3.63, 3.8) is 0 Å². The van der Waals surface area contributed by atoms with Crippen LogP contribution in [0.15, 0.2) is 30.6 Å². The third-order valence-electron chi connectivity index (χ3n) is 2.83. The lowest BCUT2D eigenvalue weighted by Gasteiger charge is -2.12. The summed E-state index contributed by atoms with van der Waals surface area (Å²) in [6.45, 7) is 7.94. The van der Waals surface area contributed by atoms with E-state index in [9.17, 15) is 0 Å². The van der Waals surface area contributed by atoms with E-state index in [4.69, 9.17) is 9.47 Å². The maximum absolute atomic E-state index is 5.64. The molecule has 2 aromatic rings. The Kier molecular flexibility index (Phi) is 5.37. The quantitative estimate of drug-likeness (QED) is 0.846. The summed E-state index contributed by atoms with van der Waals surface area (Å²) in [4.78, 5) is 8.76. The Morgan fingerprint density at radius 3 is 2.48 bits per heavy atom. The van der Waals surface area contributed by atoms with E-state index in [2.05, 4.69) is 15.3 Å². The monoisotopic (exact) mass is 287 g/mol. The molecule has 0 aliphatic carbocycles. The van der Waals surface area contributed by atoms with Crippen LogP contribution < -0.4 is 14.8 Å². The summed E-state index contributed by atoms with van der Waals surface area (Å²) in [5.74, 6) is 2.24. The number of hydrogen-bond donors (Lipinski definition) is 1. The molecule has 0 bridgehead atoms. The zero-order chi connectivity index (χ0) is 15.1. The molecule has 21 heavy (non-hydrogen) atoms. The van der Waals surface area contributed by atoms with E-state index in [1.54, 1.807) is 12.4 Å². The first-order valence-corrected chi connectivity index (χ1v) is 7.24. The first kappa shape index (κ1) is 15.1. The Balaban J connectivity index is 2.34. The molecule has 0 aliphatic rings. The molecular formula is C16H21N3O2. The zero-order valence-corrected chi connectivity index (χ0v) is 12.7. The fraction of sp³-hybridized carbons (Fsp3) is 0.375. The van der Waals surface area contributed by atoms with E-state index in [0.717, 1.165) is 35.1 Å². The molecule has 0 fully saturated rings. The van der Waals surface area contributed by atoms with E-state index >= 15 is 0 Å². The van der Waals surface area contributed by atoms with Crippen molar-refractivity contribution in [3.05, 3.63) is 30.6 Å². The summed E-state index contributed by atoms with van der Waals surface area (Å²) >= 11 is 0. The topological polar surface area (TPSA) is 56.3 Å². The fourth-order valence-corrected chi connectivity index (χ4v) is 1.98. The van der Waals surface area contributed by atoms with Crippen LogP contribution >= 0.6 is 0 Å². The Morgan fingerprint density at radius 2 is 1.76 bits per heavy atom. The van der Waals surface area contributed by atoms with Crippen LogP contribution in [0.4, 0.5) is 5.82 Å². The number of aromatic nitrogens is 2. The lowest BCUT2D eigenvalue weighted by molar-refractivity contribution is 0.288. The van der Waals surface area contributed by atoms with Crippen molar-refractivity contribution in [1.29, 1.82) is 0 Å². The van der Waals surface area contributed by atoms with Crippen LogP contribution in [0, 0.1) is 0 Å². The van der Waals surface area contributed by atoms with E-state index in [1.807, 2.05) is 39.0 Å². The van der Waals surface area contributed by atoms with E-state index < -0.39 is 0 Å². The Bertz CT molecular complexity index is 587. The van der Waals surface area contributed by atoms with Gasteiger partial charge in [0.15, 0.2) is 11.5 Å². The number of benzene rings is 1. The van der Waals surface area contributed by atoms with Gasteiger partial charge in [0, 0.05) is 12.1 Å². The van der Waals surface area contributed by atoms with Gasteiger partial charge in [-0.15, -0.1) is 0 Å². The molecule has 5 nitrogen and oxygen atoms in total. The maximum Gasteiger partial charge on any atom is 0.161 e. The number of nitrogens with one attached hydrogen (secondary N) is 1. The third kappa shape index (κ3) is 3.84. The summed E-state index contributed by atoms with van der Waals surface area (Å²) in [5, 5.41) is 3.16. The molecule has 0 unspecified atom stereocenters. The fourth-order valence-electron chi connectivity index (χ4n) is 1.98. The van der Waals surface area contributed by atoms with Crippen LogP contribution in [0.3, 0.4) is 0 Å². The Morgan fingerprint density at radius 1 is 1.00 bits per heavy atom. The second kappa shape index (κ2) is 7.47. The van der Waals surface area contributed by atoms with Gasteiger partial charge in [-0.1, -0.05) is 0 Å². The van der Waals surface area contributed by atoms with Crippen LogP contribution in [0.2, 0.25) is 0 Å². The minimum absolute atomic E-state index is 0.590. The minimum Gasteiger partial charge on any atom is -0.490 e. The van der Waals surface area contributed by atoms with Crippen molar-refractivity contribution >= 4 is 5.82 Å². The van der Waals surface area contributed by atoms with Gasteiger partial charge in [-0.2, -0.15) is 0 Å². The Hall–Kier alpha value is -2.30. The number of rotatable bonds is 7. The number of ether oxygens (including phenoxy) is 2. The molecular weight excluding hydrogens is 266 g/mol. The van der Waals surface area contributed by atoms with Gasteiger partial charge in [0.25, 0.3) is 0 Å². The SMILES string of the molecule is CCNc1cncc(-c2ccc(OCC)c(OCC)c2)n1. The summed E-state index contributed by atoms with van der Waals surface area (Å²) in [6, 6.07) is 5.81. The molecule has 5 heteroatoms. The molecule has 1 aromatic carbocycles. The van der Waals surface area contributed by atoms with Crippen molar-refractivity contribution in [3.8, 4) is 22.8 Å². The van der Waals surface area contributed by atoms with Gasteiger partial charge < -0.3 is 14.8 Å². The molecule has 1 aromatic heterocycles. The molecule has 0 saturated carbocycles. The van der Waals surface area contributed by atoms with E-state index in [0.29, 0.717) is 13.2 Å². The highest BCUT2D eigenvalue weighted by Crippen LogP contribution is 2.32. The summed E-state index contributed by atoms with van der Waals surface area (Å²) in [5.41, 5.74) is 1.76. The predicted molar refractivity (Wildman–Crippen MR) is 84.0 cm³/mol. The van der Waals surface area contributed by atoms with Crippen LogP contribution in [-0.2, 0) is 0 Å². The number of anilines is 1. The molecule has 0 radical (unpaired) electrons. The normalized spacial score (nSPS) is 10.2. The van der Waals surface area contributed by atoms with Crippen LogP contribution in [-0.4, -0.2) is 29.7 Å². The number of hydrogen-bond acceptors (Lipinski definition) is 5. The molecule has 0 saturated heterocycles. The zero-order valence-electron chi connectivity index (χ0n) is 12.7. The van der Waals surface area contributed by atoms with Crippen molar-refractivity contribution in [2.45, 2.75) is 20.8 Å². The summed E-state index contributed by atoms with van der Waals surface area (Å²) in [7, 11) is 0. The van der Waals surface area contributed by atoms with Gasteiger partial charge in [-0.25, -0.2) is 4.98 Å². The van der Waals surface area contributed by atoms with Crippen molar-refractivity contribution in [2.75, 3.05) is 25.1 Å². The predicted octanol–water partition coefficient (Wildman–Crippen LogP) is 3.37. The highest BCUT2D eigenvalue weighted by atomic mass is 16.5. The van der Waals surface area contributed by atoms with Gasteiger partial charge >= 0.3 is 0 Å². The second-order valence-corrected chi connectivity index (χ2v) is 4.35. The average molecular weight is 287 g/mol. The van der Waals surface area contributed by atoms with Gasteiger partial charge in [-0.05, 0) is 39.0 Å². The maximum atomic E-state index is 5.64. The molecule has 112 valence electrons. The van der Waals surface area contributed by atoms with Crippen LogP contribution in [0.25, 0.3) is 11.3 Å².